The van der Waals surface area contributed by atoms with Gasteiger partial charge in [-0.25, -0.2) is 0 Å². The molecule has 0 aromatic heterocycles. The minimum absolute atomic E-state index is 0.325. The molecule has 1 aromatic rings. The molecule has 20 heavy (non-hydrogen) atoms. The molecule has 0 aliphatic heterocycles. The average molecular weight is 295 g/mol. The molecular weight excluding hydrogens is 276 g/mol. The van der Waals surface area contributed by atoms with Crippen LogP contribution in [0.2, 0.25) is 5.02 Å². The van der Waals surface area contributed by atoms with Crippen molar-refractivity contribution in [1.82, 2.24) is 5.32 Å². The van der Waals surface area contributed by atoms with Crippen molar-refractivity contribution in [2.24, 2.45) is 5.41 Å². The van der Waals surface area contributed by atoms with Crippen molar-refractivity contribution in [3.63, 3.8) is 0 Å². The summed E-state index contributed by atoms with van der Waals surface area (Å²) < 4.78 is 0. The summed E-state index contributed by atoms with van der Waals surface area (Å²) >= 11 is 5.90. The second-order valence-electron chi connectivity index (χ2n) is 5.04. The number of aryl methyl sites for hydroxylation is 1. The van der Waals surface area contributed by atoms with Gasteiger partial charge in [-0.05, 0) is 38.5 Å². The molecule has 0 unspecified atom stereocenters. The van der Waals surface area contributed by atoms with Crippen LogP contribution < -0.4 is 10.6 Å². The molecule has 2 amide bonds. The fourth-order valence-electron chi connectivity index (χ4n) is 1.50. The molecule has 0 atom stereocenters. The van der Waals surface area contributed by atoms with Gasteiger partial charge in [0.2, 0.25) is 11.8 Å². The van der Waals surface area contributed by atoms with Crippen LogP contribution in [0.5, 0.6) is 0 Å². The number of benzene rings is 1. The molecule has 1 rings (SSSR count). The molecule has 5 heteroatoms. The Bertz CT molecular complexity index is 539. The third-order valence-electron chi connectivity index (χ3n) is 2.99. The zero-order valence-electron chi connectivity index (χ0n) is 11.9. The van der Waals surface area contributed by atoms with Crippen LogP contribution in [0.3, 0.4) is 0 Å². The third kappa shape index (κ3) is 3.84. The molecule has 0 radical (unpaired) electrons. The Labute approximate surface area is 124 Å². The topological polar surface area (TPSA) is 58.2 Å². The van der Waals surface area contributed by atoms with Crippen molar-refractivity contribution in [1.29, 1.82) is 0 Å². The van der Waals surface area contributed by atoms with E-state index in [0.717, 1.165) is 5.56 Å². The number of carbonyl (C=O) groups excluding carboxylic acids is 2. The summed E-state index contributed by atoms with van der Waals surface area (Å²) in [6.45, 7) is 8.84. The second kappa shape index (κ2) is 6.57. The average Bonchev–Trinajstić information content (AvgIpc) is 2.39. The first-order valence-corrected chi connectivity index (χ1v) is 6.63. The summed E-state index contributed by atoms with van der Waals surface area (Å²) in [7, 11) is 0. The van der Waals surface area contributed by atoms with Gasteiger partial charge in [0.25, 0.3) is 0 Å². The summed E-state index contributed by atoms with van der Waals surface area (Å²) in [4.78, 5) is 24.2. The molecule has 0 aliphatic rings. The maximum Gasteiger partial charge on any atom is 0.239 e. The van der Waals surface area contributed by atoms with E-state index in [1.165, 1.54) is 0 Å². The first-order valence-electron chi connectivity index (χ1n) is 6.26. The van der Waals surface area contributed by atoms with Crippen molar-refractivity contribution in [2.75, 3.05) is 11.9 Å². The van der Waals surface area contributed by atoms with Gasteiger partial charge in [0.15, 0.2) is 0 Å². The van der Waals surface area contributed by atoms with Crippen LogP contribution in [0.1, 0.15) is 19.4 Å². The molecule has 108 valence electrons. The molecule has 0 saturated carbocycles. The van der Waals surface area contributed by atoms with Crippen molar-refractivity contribution in [2.45, 2.75) is 20.8 Å². The summed E-state index contributed by atoms with van der Waals surface area (Å²) in [6, 6.07) is 5.21. The van der Waals surface area contributed by atoms with E-state index in [-0.39, 0.29) is 11.8 Å². The van der Waals surface area contributed by atoms with Gasteiger partial charge in [-0.1, -0.05) is 23.7 Å². The molecule has 0 saturated heterocycles. The monoisotopic (exact) mass is 294 g/mol. The van der Waals surface area contributed by atoms with E-state index in [1.54, 1.807) is 32.1 Å². The number of hydrogen-bond acceptors (Lipinski definition) is 2. The van der Waals surface area contributed by atoms with Gasteiger partial charge in [-0.2, -0.15) is 0 Å². The van der Waals surface area contributed by atoms with Crippen LogP contribution >= 0.6 is 11.6 Å². The number of rotatable bonds is 5. The Balaban J connectivity index is 2.86. The lowest BCUT2D eigenvalue weighted by molar-refractivity contribution is -0.138. The lowest BCUT2D eigenvalue weighted by atomic mass is 9.90. The van der Waals surface area contributed by atoms with E-state index in [4.69, 9.17) is 11.6 Å². The molecule has 4 nitrogen and oxygen atoms in total. The first-order chi connectivity index (χ1) is 9.28. The van der Waals surface area contributed by atoms with Crippen LogP contribution in [-0.4, -0.2) is 18.4 Å². The zero-order chi connectivity index (χ0) is 15.3. The number of amides is 2. The molecule has 0 spiro atoms. The van der Waals surface area contributed by atoms with Gasteiger partial charge in [0.05, 0.1) is 0 Å². The van der Waals surface area contributed by atoms with E-state index in [9.17, 15) is 9.59 Å². The summed E-state index contributed by atoms with van der Waals surface area (Å²) in [5.41, 5.74) is 0.301. The fourth-order valence-corrected chi connectivity index (χ4v) is 1.67. The van der Waals surface area contributed by atoms with Crippen molar-refractivity contribution in [3.05, 3.63) is 41.4 Å². The number of carbonyl (C=O) groups is 2. The smallest absolute Gasteiger partial charge is 0.239 e. The predicted molar refractivity (Wildman–Crippen MR) is 81.8 cm³/mol. The summed E-state index contributed by atoms with van der Waals surface area (Å²) in [6.07, 6.45) is 1.56. The SMILES string of the molecule is C=CCNC(=O)C(C)(C)C(=O)Nc1cc(Cl)ccc1C. The summed E-state index contributed by atoms with van der Waals surface area (Å²) in [5, 5.41) is 5.89. The normalized spacial score (nSPS) is 10.8. The van der Waals surface area contributed by atoms with Gasteiger partial charge in [-0.15, -0.1) is 6.58 Å². The number of hydrogen-bond donors (Lipinski definition) is 2. The van der Waals surface area contributed by atoms with Crippen LogP contribution in [-0.2, 0) is 9.59 Å². The quantitative estimate of drug-likeness (QED) is 0.648. The second-order valence-corrected chi connectivity index (χ2v) is 5.47. The zero-order valence-corrected chi connectivity index (χ0v) is 12.7. The molecule has 0 heterocycles. The van der Waals surface area contributed by atoms with Crippen LogP contribution in [0, 0.1) is 12.3 Å². The highest BCUT2D eigenvalue weighted by Crippen LogP contribution is 2.24. The highest BCUT2D eigenvalue weighted by molar-refractivity contribution is 6.31. The number of anilines is 1. The maximum absolute atomic E-state index is 12.3. The van der Waals surface area contributed by atoms with Gasteiger partial charge in [-0.3, -0.25) is 9.59 Å². The Hall–Kier alpha value is -1.81. The van der Waals surface area contributed by atoms with E-state index in [1.807, 2.05) is 13.0 Å². The van der Waals surface area contributed by atoms with Crippen LogP contribution in [0.4, 0.5) is 5.69 Å². The van der Waals surface area contributed by atoms with Crippen LogP contribution in [0.15, 0.2) is 30.9 Å². The standard InChI is InChI=1S/C15H19ClN2O2/c1-5-8-17-13(19)15(3,4)14(20)18-12-9-11(16)7-6-10(12)2/h5-7,9H,1,8H2,2-4H3,(H,17,19)(H,18,20). The Morgan fingerprint density at radius 1 is 1.35 bits per heavy atom. The fraction of sp³-hybridized carbons (Fsp3) is 0.333. The molecule has 0 fully saturated rings. The first kappa shape index (κ1) is 16.2. The number of nitrogens with one attached hydrogen (secondary N) is 2. The molecule has 2 N–H and O–H groups in total. The van der Waals surface area contributed by atoms with E-state index in [0.29, 0.717) is 17.3 Å². The lowest BCUT2D eigenvalue weighted by Crippen LogP contribution is -2.45. The van der Waals surface area contributed by atoms with Gasteiger partial charge < -0.3 is 10.6 Å². The molecule has 1 aromatic carbocycles. The third-order valence-corrected chi connectivity index (χ3v) is 3.23. The minimum atomic E-state index is -1.18. The number of halogens is 1. The lowest BCUT2D eigenvalue weighted by Gasteiger charge is -2.23. The Morgan fingerprint density at radius 2 is 2.00 bits per heavy atom. The van der Waals surface area contributed by atoms with Gasteiger partial charge in [0, 0.05) is 17.3 Å². The van der Waals surface area contributed by atoms with Gasteiger partial charge >= 0.3 is 0 Å². The van der Waals surface area contributed by atoms with Crippen molar-refractivity contribution >= 4 is 29.1 Å². The molecule has 0 bridgehead atoms. The minimum Gasteiger partial charge on any atom is -0.352 e. The molecular formula is C15H19ClN2O2. The van der Waals surface area contributed by atoms with Crippen molar-refractivity contribution < 1.29 is 9.59 Å². The summed E-state index contributed by atoms with van der Waals surface area (Å²) in [5.74, 6) is -0.737. The van der Waals surface area contributed by atoms with Gasteiger partial charge in [0.1, 0.15) is 5.41 Å². The van der Waals surface area contributed by atoms with E-state index >= 15 is 0 Å². The van der Waals surface area contributed by atoms with Crippen LogP contribution in [0.25, 0.3) is 0 Å². The van der Waals surface area contributed by atoms with E-state index < -0.39 is 5.41 Å². The highest BCUT2D eigenvalue weighted by atomic mass is 35.5. The Morgan fingerprint density at radius 3 is 2.60 bits per heavy atom. The van der Waals surface area contributed by atoms with E-state index in [2.05, 4.69) is 17.2 Å². The molecule has 0 aliphatic carbocycles. The maximum atomic E-state index is 12.3. The van der Waals surface area contributed by atoms with Crippen molar-refractivity contribution in [3.8, 4) is 0 Å². The Kier molecular flexibility index (Phi) is 5.34. The largest absolute Gasteiger partial charge is 0.352 e. The predicted octanol–water partition coefficient (Wildman–Crippen LogP) is 2.92. The highest BCUT2D eigenvalue weighted by Gasteiger charge is 2.35.